The average Bonchev–Trinajstić information content (AvgIpc) is 2.54. The second-order valence-electron chi connectivity index (χ2n) is 5.84. The van der Waals surface area contributed by atoms with Crippen molar-refractivity contribution < 1.29 is 14.3 Å². The first-order valence-electron chi connectivity index (χ1n) is 7.77. The zero-order valence-corrected chi connectivity index (χ0v) is 13.9. The number of aryl methyl sites for hydroxylation is 1. The van der Waals surface area contributed by atoms with E-state index in [1.807, 2.05) is 24.9 Å². The van der Waals surface area contributed by atoms with Crippen LogP contribution in [-0.4, -0.2) is 51.7 Å². The summed E-state index contributed by atoms with van der Waals surface area (Å²) >= 11 is 0. The first-order chi connectivity index (χ1) is 10.6. The van der Waals surface area contributed by atoms with E-state index in [2.05, 4.69) is 5.32 Å². The van der Waals surface area contributed by atoms with Crippen molar-refractivity contribution in [2.24, 2.45) is 5.92 Å². The fourth-order valence-electron chi connectivity index (χ4n) is 3.09. The molecule has 1 saturated heterocycles. The summed E-state index contributed by atoms with van der Waals surface area (Å²) in [5.41, 5.74) is 1.61. The number of benzene rings is 1. The number of hydrogen-bond acceptors (Lipinski definition) is 4. The van der Waals surface area contributed by atoms with Gasteiger partial charge in [0.1, 0.15) is 0 Å². The lowest BCUT2D eigenvalue weighted by molar-refractivity contribution is 0.0673. The van der Waals surface area contributed by atoms with Crippen LogP contribution in [-0.2, 0) is 0 Å². The van der Waals surface area contributed by atoms with Crippen LogP contribution in [0, 0.1) is 12.8 Å². The Bertz CT molecular complexity index is 529. The lowest BCUT2D eigenvalue weighted by Gasteiger charge is -2.33. The van der Waals surface area contributed by atoms with Crippen LogP contribution in [0.1, 0.15) is 28.8 Å². The number of amides is 1. The molecule has 1 aromatic carbocycles. The molecule has 0 radical (unpaired) electrons. The molecule has 22 heavy (non-hydrogen) atoms. The molecule has 0 saturated carbocycles. The summed E-state index contributed by atoms with van der Waals surface area (Å²) in [6.45, 7) is 4.53. The Kier molecular flexibility index (Phi) is 5.66. The number of carbonyl (C=O) groups excluding carboxylic acids is 1. The predicted molar refractivity (Wildman–Crippen MR) is 86.8 cm³/mol. The normalized spacial score (nSPS) is 18.2. The van der Waals surface area contributed by atoms with Crippen molar-refractivity contribution in [1.82, 2.24) is 10.2 Å². The van der Waals surface area contributed by atoms with Gasteiger partial charge in [-0.25, -0.2) is 0 Å². The maximum atomic E-state index is 12.8. The van der Waals surface area contributed by atoms with Crippen LogP contribution in [0.3, 0.4) is 0 Å². The minimum Gasteiger partial charge on any atom is -0.493 e. The maximum Gasteiger partial charge on any atom is 0.254 e. The standard InChI is InChI=1S/C17H26N2O3/c1-12-8-15(21-3)16(22-4)9-14(12)17(20)19-7-5-6-13(11-19)10-18-2/h8-9,13,18H,5-7,10-11H2,1-4H3. The Morgan fingerprint density at radius 1 is 1.32 bits per heavy atom. The average molecular weight is 306 g/mol. The van der Waals surface area contributed by atoms with Gasteiger partial charge in [0.25, 0.3) is 5.91 Å². The van der Waals surface area contributed by atoms with E-state index in [0.29, 0.717) is 23.0 Å². The Balaban J connectivity index is 2.21. The molecular weight excluding hydrogens is 280 g/mol. The summed E-state index contributed by atoms with van der Waals surface area (Å²) in [5.74, 6) is 1.87. The lowest BCUT2D eigenvalue weighted by atomic mass is 9.96. The highest BCUT2D eigenvalue weighted by atomic mass is 16.5. The summed E-state index contributed by atoms with van der Waals surface area (Å²) < 4.78 is 10.6. The van der Waals surface area contributed by atoms with E-state index in [-0.39, 0.29) is 5.91 Å². The van der Waals surface area contributed by atoms with E-state index < -0.39 is 0 Å². The van der Waals surface area contributed by atoms with Crippen LogP contribution < -0.4 is 14.8 Å². The molecular formula is C17H26N2O3. The second kappa shape index (κ2) is 7.49. The van der Waals surface area contributed by atoms with E-state index in [4.69, 9.17) is 9.47 Å². The highest BCUT2D eigenvalue weighted by Gasteiger charge is 2.25. The SMILES string of the molecule is CNCC1CCCN(C(=O)c2cc(OC)c(OC)cc2C)C1. The molecule has 1 aromatic rings. The number of carbonyl (C=O) groups is 1. The molecule has 5 heteroatoms. The van der Waals surface area contributed by atoms with Gasteiger partial charge in [-0.2, -0.15) is 0 Å². The molecule has 1 N–H and O–H groups in total. The van der Waals surface area contributed by atoms with Gasteiger partial charge in [-0.3, -0.25) is 4.79 Å². The number of piperidine rings is 1. The number of likely N-dealkylation sites (tertiary alicyclic amines) is 1. The molecule has 1 heterocycles. The molecule has 0 spiro atoms. The zero-order chi connectivity index (χ0) is 16.1. The molecule has 122 valence electrons. The summed E-state index contributed by atoms with van der Waals surface area (Å²) in [4.78, 5) is 14.8. The van der Waals surface area contributed by atoms with Gasteiger partial charge >= 0.3 is 0 Å². The van der Waals surface area contributed by atoms with Gasteiger partial charge < -0.3 is 19.7 Å². The van der Waals surface area contributed by atoms with Crippen LogP contribution in [0.25, 0.3) is 0 Å². The number of nitrogens with zero attached hydrogens (tertiary/aromatic N) is 1. The van der Waals surface area contributed by atoms with E-state index in [1.54, 1.807) is 20.3 Å². The first kappa shape index (κ1) is 16.6. The Labute approximate surface area is 132 Å². The van der Waals surface area contributed by atoms with Crippen LogP contribution in [0.15, 0.2) is 12.1 Å². The Morgan fingerprint density at radius 2 is 2.00 bits per heavy atom. The maximum absolute atomic E-state index is 12.8. The van der Waals surface area contributed by atoms with E-state index in [9.17, 15) is 4.79 Å². The summed E-state index contributed by atoms with van der Waals surface area (Å²) in [7, 11) is 5.15. The predicted octanol–water partition coefficient (Wildman–Crippen LogP) is 2.08. The molecule has 1 aliphatic heterocycles. The molecule has 1 fully saturated rings. The first-order valence-corrected chi connectivity index (χ1v) is 7.77. The van der Waals surface area contributed by atoms with Crippen molar-refractivity contribution in [2.45, 2.75) is 19.8 Å². The fraction of sp³-hybridized carbons (Fsp3) is 0.588. The number of rotatable bonds is 5. The second-order valence-corrected chi connectivity index (χ2v) is 5.84. The molecule has 1 amide bonds. The summed E-state index contributed by atoms with van der Waals surface area (Å²) in [6.07, 6.45) is 2.24. The van der Waals surface area contributed by atoms with Gasteiger partial charge in [-0.05, 0) is 57.0 Å². The van der Waals surface area contributed by atoms with Crippen molar-refractivity contribution >= 4 is 5.91 Å². The number of methoxy groups -OCH3 is 2. The fourth-order valence-corrected chi connectivity index (χ4v) is 3.09. The highest BCUT2D eigenvalue weighted by Crippen LogP contribution is 2.31. The van der Waals surface area contributed by atoms with E-state index >= 15 is 0 Å². The molecule has 5 nitrogen and oxygen atoms in total. The van der Waals surface area contributed by atoms with Gasteiger partial charge in [0.05, 0.1) is 14.2 Å². The van der Waals surface area contributed by atoms with Crippen LogP contribution in [0.5, 0.6) is 11.5 Å². The topological polar surface area (TPSA) is 50.8 Å². The number of hydrogen-bond donors (Lipinski definition) is 1. The monoisotopic (exact) mass is 306 g/mol. The Morgan fingerprint density at radius 3 is 2.64 bits per heavy atom. The van der Waals surface area contributed by atoms with Gasteiger partial charge in [0.15, 0.2) is 11.5 Å². The van der Waals surface area contributed by atoms with Crippen molar-refractivity contribution in [1.29, 1.82) is 0 Å². The van der Waals surface area contributed by atoms with Gasteiger partial charge in [-0.1, -0.05) is 0 Å². The van der Waals surface area contributed by atoms with E-state index in [1.165, 1.54) is 6.42 Å². The number of nitrogens with one attached hydrogen (secondary N) is 1. The minimum atomic E-state index is 0.0826. The third-order valence-corrected chi connectivity index (χ3v) is 4.26. The summed E-state index contributed by atoms with van der Waals surface area (Å²) in [6, 6.07) is 3.65. The smallest absolute Gasteiger partial charge is 0.254 e. The van der Waals surface area contributed by atoms with E-state index in [0.717, 1.165) is 31.6 Å². The summed E-state index contributed by atoms with van der Waals surface area (Å²) in [5, 5.41) is 3.21. The largest absolute Gasteiger partial charge is 0.493 e. The van der Waals surface area contributed by atoms with Crippen molar-refractivity contribution in [3.8, 4) is 11.5 Å². The molecule has 0 aromatic heterocycles. The lowest BCUT2D eigenvalue weighted by Crippen LogP contribution is -2.42. The van der Waals surface area contributed by atoms with Crippen LogP contribution in [0.4, 0.5) is 0 Å². The third kappa shape index (κ3) is 3.53. The Hall–Kier alpha value is -1.75. The highest BCUT2D eigenvalue weighted by molar-refractivity contribution is 5.96. The van der Waals surface area contributed by atoms with Crippen LogP contribution in [0.2, 0.25) is 0 Å². The minimum absolute atomic E-state index is 0.0826. The zero-order valence-electron chi connectivity index (χ0n) is 13.9. The van der Waals surface area contributed by atoms with Gasteiger partial charge in [0, 0.05) is 18.7 Å². The van der Waals surface area contributed by atoms with Crippen molar-refractivity contribution in [2.75, 3.05) is 40.9 Å². The molecule has 2 rings (SSSR count). The van der Waals surface area contributed by atoms with Crippen LogP contribution >= 0.6 is 0 Å². The molecule has 1 atom stereocenters. The molecule has 1 aliphatic rings. The molecule has 1 unspecified atom stereocenters. The van der Waals surface area contributed by atoms with Gasteiger partial charge in [0.2, 0.25) is 0 Å². The molecule has 0 aliphatic carbocycles. The quantitative estimate of drug-likeness (QED) is 0.905. The molecule has 0 bridgehead atoms. The van der Waals surface area contributed by atoms with Crippen molar-refractivity contribution in [3.63, 3.8) is 0 Å². The van der Waals surface area contributed by atoms with Gasteiger partial charge in [-0.15, -0.1) is 0 Å². The number of ether oxygens (including phenoxy) is 2. The third-order valence-electron chi connectivity index (χ3n) is 4.26. The van der Waals surface area contributed by atoms with Crippen molar-refractivity contribution in [3.05, 3.63) is 23.3 Å².